The van der Waals surface area contributed by atoms with Crippen LogP contribution in [0.1, 0.15) is 27.3 Å². The molecule has 41 heavy (non-hydrogen) atoms. The van der Waals surface area contributed by atoms with Gasteiger partial charge in [-0.3, -0.25) is 9.59 Å². The third-order valence-corrected chi connectivity index (χ3v) is 7.67. The SMILES string of the molecule is Cc1cc(C)nc(N2CCN(c3ccc(NC(=O)C(=O)c4c(-c5ccccc5)cc5ccccn45)cc3C)CC2)c1. The van der Waals surface area contributed by atoms with Gasteiger partial charge in [-0.1, -0.05) is 36.4 Å². The number of anilines is 3. The zero-order chi connectivity index (χ0) is 28.5. The molecule has 1 saturated heterocycles. The van der Waals surface area contributed by atoms with Crippen LogP contribution in [0.15, 0.2) is 91.1 Å². The van der Waals surface area contributed by atoms with Crippen molar-refractivity contribution in [1.82, 2.24) is 9.38 Å². The molecule has 1 amide bonds. The Bertz CT molecular complexity index is 1730. The molecule has 3 aromatic heterocycles. The number of carbonyl (C=O) groups is 2. The Labute approximate surface area is 240 Å². The number of carbonyl (C=O) groups excluding carboxylic acids is 2. The lowest BCUT2D eigenvalue weighted by Crippen LogP contribution is -2.47. The van der Waals surface area contributed by atoms with Crippen molar-refractivity contribution in [3.05, 3.63) is 114 Å². The Balaban J connectivity index is 1.17. The molecule has 0 aliphatic carbocycles. The van der Waals surface area contributed by atoms with Gasteiger partial charge in [0.15, 0.2) is 0 Å². The average molecular weight is 544 g/mol. The molecule has 0 atom stereocenters. The van der Waals surface area contributed by atoms with Crippen LogP contribution in [-0.4, -0.2) is 47.3 Å². The van der Waals surface area contributed by atoms with Crippen molar-refractivity contribution in [2.24, 2.45) is 0 Å². The van der Waals surface area contributed by atoms with E-state index in [0.717, 1.165) is 65.6 Å². The van der Waals surface area contributed by atoms with E-state index in [4.69, 9.17) is 4.98 Å². The van der Waals surface area contributed by atoms with Gasteiger partial charge >= 0.3 is 0 Å². The minimum Gasteiger partial charge on any atom is -0.368 e. The first-order valence-electron chi connectivity index (χ1n) is 13.9. The molecule has 0 saturated carbocycles. The summed E-state index contributed by atoms with van der Waals surface area (Å²) in [4.78, 5) is 36.2. The second-order valence-electron chi connectivity index (χ2n) is 10.7. The lowest BCUT2D eigenvalue weighted by Gasteiger charge is -2.37. The maximum atomic E-state index is 13.6. The van der Waals surface area contributed by atoms with E-state index < -0.39 is 11.7 Å². The number of piperazine rings is 1. The van der Waals surface area contributed by atoms with Gasteiger partial charge in [0.05, 0.1) is 0 Å². The Morgan fingerprint density at radius 3 is 2.24 bits per heavy atom. The molecule has 206 valence electrons. The summed E-state index contributed by atoms with van der Waals surface area (Å²) in [7, 11) is 0. The van der Waals surface area contributed by atoms with Gasteiger partial charge in [0.2, 0.25) is 0 Å². The van der Waals surface area contributed by atoms with Gasteiger partial charge in [-0.05, 0) is 86.0 Å². The number of Topliss-reactive ketones (excluding diaryl/α,β-unsaturated/α-hetero) is 1. The summed E-state index contributed by atoms with van der Waals surface area (Å²) in [5, 5.41) is 2.85. The minimum atomic E-state index is -0.659. The molecule has 5 aromatic rings. The van der Waals surface area contributed by atoms with Crippen LogP contribution in [0.5, 0.6) is 0 Å². The van der Waals surface area contributed by atoms with Crippen molar-refractivity contribution < 1.29 is 9.59 Å². The van der Waals surface area contributed by atoms with Crippen molar-refractivity contribution in [3.8, 4) is 11.1 Å². The van der Waals surface area contributed by atoms with Crippen LogP contribution >= 0.6 is 0 Å². The predicted molar refractivity (Wildman–Crippen MR) is 165 cm³/mol. The molecule has 0 bridgehead atoms. The number of rotatable bonds is 6. The number of nitrogens with one attached hydrogen (secondary N) is 1. The average Bonchev–Trinajstić information content (AvgIpc) is 3.37. The lowest BCUT2D eigenvalue weighted by molar-refractivity contribution is -0.112. The maximum absolute atomic E-state index is 13.6. The van der Waals surface area contributed by atoms with E-state index in [-0.39, 0.29) is 0 Å². The summed E-state index contributed by atoms with van der Waals surface area (Å²) < 4.78 is 1.78. The van der Waals surface area contributed by atoms with Gasteiger partial charge in [-0.15, -0.1) is 0 Å². The number of aryl methyl sites for hydroxylation is 3. The number of hydrogen-bond acceptors (Lipinski definition) is 5. The Morgan fingerprint density at radius 1 is 0.780 bits per heavy atom. The largest absolute Gasteiger partial charge is 0.368 e. The predicted octanol–water partition coefficient (Wildman–Crippen LogP) is 6.07. The summed E-state index contributed by atoms with van der Waals surface area (Å²) in [6.07, 6.45) is 1.82. The lowest BCUT2D eigenvalue weighted by atomic mass is 10.0. The molecular formula is C34H33N5O2. The van der Waals surface area contributed by atoms with E-state index in [1.165, 1.54) is 5.56 Å². The monoisotopic (exact) mass is 543 g/mol. The highest BCUT2D eigenvalue weighted by Gasteiger charge is 2.25. The number of benzene rings is 2. The van der Waals surface area contributed by atoms with Crippen LogP contribution in [0.2, 0.25) is 0 Å². The number of fused-ring (bicyclic) bond motifs is 1. The Hall–Kier alpha value is -4.91. The fourth-order valence-electron chi connectivity index (χ4n) is 5.73. The molecule has 0 unspecified atom stereocenters. The summed E-state index contributed by atoms with van der Waals surface area (Å²) in [5.41, 5.74) is 7.88. The maximum Gasteiger partial charge on any atom is 0.298 e. The van der Waals surface area contributed by atoms with Crippen LogP contribution in [0, 0.1) is 20.8 Å². The standard InChI is InChI=1S/C34H33N5O2/c1-23-19-25(3)35-31(20-23)38-17-15-37(16-18-38)30-13-12-27(21-24(30)2)36-34(41)33(40)32-29(26-9-5-4-6-10-26)22-28-11-7-8-14-39(28)32/h4-14,19-22H,15-18H2,1-3H3,(H,36,41). The van der Waals surface area contributed by atoms with Gasteiger partial charge < -0.3 is 19.5 Å². The number of hydrogen-bond donors (Lipinski definition) is 1. The highest BCUT2D eigenvalue weighted by atomic mass is 16.2. The molecule has 7 nitrogen and oxygen atoms in total. The van der Waals surface area contributed by atoms with Crippen LogP contribution in [0.4, 0.5) is 17.2 Å². The van der Waals surface area contributed by atoms with Gasteiger partial charge in [0, 0.05) is 60.5 Å². The molecule has 2 aromatic carbocycles. The quantitative estimate of drug-likeness (QED) is 0.208. The fraction of sp³-hybridized carbons (Fsp3) is 0.206. The third-order valence-electron chi connectivity index (χ3n) is 7.67. The molecule has 4 heterocycles. The molecule has 1 aliphatic heterocycles. The van der Waals surface area contributed by atoms with Crippen molar-refractivity contribution in [2.45, 2.75) is 20.8 Å². The second-order valence-corrected chi connectivity index (χ2v) is 10.7. The zero-order valence-electron chi connectivity index (χ0n) is 23.6. The number of pyridine rings is 2. The van der Waals surface area contributed by atoms with Crippen molar-refractivity contribution in [1.29, 1.82) is 0 Å². The van der Waals surface area contributed by atoms with Crippen molar-refractivity contribution in [3.63, 3.8) is 0 Å². The van der Waals surface area contributed by atoms with Crippen LogP contribution in [0.3, 0.4) is 0 Å². The molecule has 0 radical (unpaired) electrons. The van der Waals surface area contributed by atoms with E-state index in [0.29, 0.717) is 11.4 Å². The molecule has 1 fully saturated rings. The number of amides is 1. The molecule has 7 heteroatoms. The van der Waals surface area contributed by atoms with E-state index in [9.17, 15) is 9.59 Å². The van der Waals surface area contributed by atoms with E-state index in [2.05, 4.69) is 34.2 Å². The first-order chi connectivity index (χ1) is 19.9. The second kappa shape index (κ2) is 10.9. The molecule has 1 aliphatic rings. The van der Waals surface area contributed by atoms with E-state index >= 15 is 0 Å². The number of nitrogens with zero attached hydrogens (tertiary/aromatic N) is 4. The highest BCUT2D eigenvalue weighted by molar-refractivity contribution is 6.47. The smallest absolute Gasteiger partial charge is 0.298 e. The number of ketones is 1. The first-order valence-corrected chi connectivity index (χ1v) is 13.9. The fourth-order valence-corrected chi connectivity index (χ4v) is 5.73. The highest BCUT2D eigenvalue weighted by Crippen LogP contribution is 2.29. The van der Waals surface area contributed by atoms with Gasteiger partial charge in [0.1, 0.15) is 11.5 Å². The summed E-state index contributed by atoms with van der Waals surface area (Å²) in [6, 6.07) is 27.4. The van der Waals surface area contributed by atoms with Crippen molar-refractivity contribution >= 4 is 34.4 Å². The van der Waals surface area contributed by atoms with Crippen LogP contribution in [0.25, 0.3) is 16.6 Å². The molecule has 1 N–H and O–H groups in total. The molecule has 0 spiro atoms. The first kappa shape index (κ1) is 26.3. The molecule has 6 rings (SSSR count). The minimum absolute atomic E-state index is 0.355. The normalized spacial score (nSPS) is 13.4. The summed E-state index contributed by atoms with van der Waals surface area (Å²) >= 11 is 0. The summed E-state index contributed by atoms with van der Waals surface area (Å²) in [6.45, 7) is 9.71. The summed E-state index contributed by atoms with van der Waals surface area (Å²) in [5.74, 6) is -0.201. The van der Waals surface area contributed by atoms with Gasteiger partial charge in [-0.25, -0.2) is 4.98 Å². The van der Waals surface area contributed by atoms with Gasteiger partial charge in [0.25, 0.3) is 11.7 Å². The van der Waals surface area contributed by atoms with Crippen molar-refractivity contribution in [2.75, 3.05) is 41.3 Å². The van der Waals surface area contributed by atoms with Gasteiger partial charge in [-0.2, -0.15) is 0 Å². The third kappa shape index (κ3) is 5.31. The number of aromatic nitrogens is 2. The molecular weight excluding hydrogens is 510 g/mol. The van der Waals surface area contributed by atoms with Crippen LogP contribution in [-0.2, 0) is 4.79 Å². The van der Waals surface area contributed by atoms with Crippen LogP contribution < -0.4 is 15.1 Å². The Morgan fingerprint density at radius 2 is 1.51 bits per heavy atom. The Kier molecular flexibility index (Phi) is 7.01. The van der Waals surface area contributed by atoms with E-state index in [1.807, 2.05) is 92.8 Å². The zero-order valence-corrected chi connectivity index (χ0v) is 23.6. The topological polar surface area (TPSA) is 70.0 Å². The van der Waals surface area contributed by atoms with E-state index in [1.54, 1.807) is 4.40 Å².